The third-order valence-corrected chi connectivity index (χ3v) is 4.66. The number of hydrogen-bond acceptors (Lipinski definition) is 3. The number of carbonyl (C=O) groups is 2. The summed E-state index contributed by atoms with van der Waals surface area (Å²) in [5.74, 6) is 0.394. The highest BCUT2D eigenvalue weighted by molar-refractivity contribution is 5.92. The molecule has 0 atom stereocenters. The van der Waals surface area contributed by atoms with E-state index in [1.165, 1.54) is 0 Å². The Bertz CT molecular complexity index is 713. The molecule has 2 N–H and O–H groups in total. The van der Waals surface area contributed by atoms with E-state index in [1.54, 1.807) is 24.4 Å². The fourth-order valence-electron chi connectivity index (χ4n) is 3.13. The van der Waals surface area contributed by atoms with Crippen molar-refractivity contribution >= 4 is 17.6 Å². The average molecular weight is 352 g/mol. The number of rotatable bonds is 5. The third-order valence-electron chi connectivity index (χ3n) is 4.66. The number of anilines is 1. The summed E-state index contributed by atoms with van der Waals surface area (Å²) in [4.78, 5) is 30.2. The summed E-state index contributed by atoms with van der Waals surface area (Å²) in [6.07, 6.45) is 4.46. The summed E-state index contributed by atoms with van der Waals surface area (Å²) < 4.78 is 0. The van der Waals surface area contributed by atoms with Crippen LogP contribution in [0.4, 0.5) is 10.5 Å². The molecule has 0 spiro atoms. The number of hydrogen-bond donors (Lipinski definition) is 2. The Kier molecular flexibility index (Phi) is 6.19. The Balaban J connectivity index is 1.36. The number of amides is 3. The van der Waals surface area contributed by atoms with Crippen molar-refractivity contribution in [3.63, 3.8) is 0 Å². The average Bonchev–Trinajstić information content (AvgIpc) is 2.70. The van der Waals surface area contributed by atoms with Gasteiger partial charge in [-0.2, -0.15) is 0 Å². The van der Waals surface area contributed by atoms with Gasteiger partial charge in [-0.3, -0.25) is 9.78 Å². The molecule has 1 aromatic carbocycles. The molecular weight excluding hydrogens is 328 g/mol. The minimum Gasteiger partial charge on any atom is -0.351 e. The lowest BCUT2D eigenvalue weighted by Gasteiger charge is -2.32. The van der Waals surface area contributed by atoms with Crippen molar-refractivity contribution < 1.29 is 9.59 Å². The van der Waals surface area contributed by atoms with E-state index in [1.807, 2.05) is 35.2 Å². The van der Waals surface area contributed by atoms with Gasteiger partial charge in [0.1, 0.15) is 5.69 Å². The van der Waals surface area contributed by atoms with Crippen LogP contribution in [0, 0.1) is 5.92 Å². The zero-order valence-corrected chi connectivity index (χ0v) is 14.7. The van der Waals surface area contributed by atoms with E-state index >= 15 is 0 Å². The number of nitrogens with zero attached hydrogens (tertiary/aromatic N) is 2. The Morgan fingerprint density at radius 1 is 1.04 bits per heavy atom. The van der Waals surface area contributed by atoms with Gasteiger partial charge in [0.15, 0.2) is 0 Å². The molecule has 2 heterocycles. The van der Waals surface area contributed by atoms with Gasteiger partial charge in [0, 0.05) is 31.5 Å². The second-order valence-corrected chi connectivity index (χ2v) is 6.49. The first-order valence-corrected chi connectivity index (χ1v) is 9.02. The lowest BCUT2D eigenvalue weighted by Crippen LogP contribution is -2.41. The van der Waals surface area contributed by atoms with Gasteiger partial charge in [-0.25, -0.2) is 4.79 Å². The maximum atomic E-state index is 12.3. The fraction of sp³-hybridized carbons (Fsp3) is 0.350. The summed E-state index contributed by atoms with van der Waals surface area (Å²) in [5.41, 5.74) is 1.26. The molecular formula is C20H24N4O2. The van der Waals surface area contributed by atoms with Crippen LogP contribution < -0.4 is 10.6 Å². The first kappa shape index (κ1) is 17.9. The van der Waals surface area contributed by atoms with Gasteiger partial charge in [0.2, 0.25) is 0 Å². The molecule has 3 rings (SSSR count). The Morgan fingerprint density at radius 3 is 2.46 bits per heavy atom. The third kappa shape index (κ3) is 5.05. The van der Waals surface area contributed by atoms with Crippen LogP contribution in [0.3, 0.4) is 0 Å². The second kappa shape index (κ2) is 8.99. The molecule has 6 nitrogen and oxygen atoms in total. The quantitative estimate of drug-likeness (QED) is 0.868. The summed E-state index contributed by atoms with van der Waals surface area (Å²) in [5, 5.41) is 5.84. The zero-order chi connectivity index (χ0) is 18.2. The summed E-state index contributed by atoms with van der Waals surface area (Å²) in [6.45, 7) is 2.13. The number of aromatic nitrogens is 1. The van der Waals surface area contributed by atoms with Crippen LogP contribution in [-0.4, -0.2) is 41.5 Å². The molecule has 0 radical (unpaired) electrons. The predicted molar refractivity (Wildman–Crippen MR) is 101 cm³/mol. The Morgan fingerprint density at radius 2 is 1.77 bits per heavy atom. The van der Waals surface area contributed by atoms with Gasteiger partial charge in [-0.1, -0.05) is 24.3 Å². The number of piperidine rings is 1. The molecule has 136 valence electrons. The minimum absolute atomic E-state index is 0.0434. The summed E-state index contributed by atoms with van der Waals surface area (Å²) in [7, 11) is 0. The van der Waals surface area contributed by atoms with Crippen molar-refractivity contribution in [1.29, 1.82) is 0 Å². The minimum atomic E-state index is -0.134. The van der Waals surface area contributed by atoms with Gasteiger partial charge in [-0.15, -0.1) is 0 Å². The smallest absolute Gasteiger partial charge is 0.321 e. The first-order chi connectivity index (χ1) is 12.7. The molecule has 1 aliphatic rings. The van der Waals surface area contributed by atoms with E-state index in [4.69, 9.17) is 0 Å². The standard InChI is InChI=1S/C20H24N4O2/c25-19(18-8-4-5-12-21-18)22-13-9-16-10-14-24(15-11-16)20(26)23-17-6-2-1-3-7-17/h1-8,12,16H,9-11,13-15H2,(H,22,25)(H,23,26). The highest BCUT2D eigenvalue weighted by Crippen LogP contribution is 2.20. The van der Waals surface area contributed by atoms with Crippen molar-refractivity contribution in [2.45, 2.75) is 19.3 Å². The van der Waals surface area contributed by atoms with Gasteiger partial charge in [0.05, 0.1) is 0 Å². The van der Waals surface area contributed by atoms with Gasteiger partial charge < -0.3 is 15.5 Å². The summed E-state index contributed by atoms with van der Waals surface area (Å²) in [6, 6.07) is 14.8. The Hall–Kier alpha value is -2.89. The van der Waals surface area contributed by atoms with Crippen LogP contribution in [0.5, 0.6) is 0 Å². The number of nitrogens with one attached hydrogen (secondary N) is 2. The number of likely N-dealkylation sites (tertiary alicyclic amines) is 1. The van der Waals surface area contributed by atoms with Crippen molar-refractivity contribution in [3.05, 3.63) is 60.4 Å². The van der Waals surface area contributed by atoms with Crippen LogP contribution in [0.15, 0.2) is 54.7 Å². The fourth-order valence-corrected chi connectivity index (χ4v) is 3.13. The largest absolute Gasteiger partial charge is 0.351 e. The molecule has 2 aromatic rings. The van der Waals surface area contributed by atoms with E-state index in [0.29, 0.717) is 18.2 Å². The number of urea groups is 1. The maximum absolute atomic E-state index is 12.3. The van der Waals surface area contributed by atoms with E-state index in [0.717, 1.165) is 38.0 Å². The second-order valence-electron chi connectivity index (χ2n) is 6.49. The molecule has 3 amide bonds. The van der Waals surface area contributed by atoms with Crippen molar-refractivity contribution in [2.24, 2.45) is 5.92 Å². The molecule has 26 heavy (non-hydrogen) atoms. The van der Waals surface area contributed by atoms with Crippen LogP contribution in [0.2, 0.25) is 0 Å². The van der Waals surface area contributed by atoms with E-state index in [9.17, 15) is 9.59 Å². The molecule has 6 heteroatoms. The highest BCUT2D eigenvalue weighted by atomic mass is 16.2. The molecule has 0 unspecified atom stereocenters. The normalized spacial score (nSPS) is 14.7. The monoisotopic (exact) mass is 352 g/mol. The van der Waals surface area contributed by atoms with Gasteiger partial charge in [-0.05, 0) is 49.4 Å². The topological polar surface area (TPSA) is 74.3 Å². The van der Waals surface area contributed by atoms with E-state index in [-0.39, 0.29) is 11.9 Å². The molecule has 1 fully saturated rings. The molecule has 1 saturated heterocycles. The molecule has 1 aliphatic heterocycles. The van der Waals surface area contributed by atoms with Crippen LogP contribution >= 0.6 is 0 Å². The number of para-hydroxylation sites is 1. The maximum Gasteiger partial charge on any atom is 0.321 e. The van der Waals surface area contributed by atoms with Crippen LogP contribution in [0.25, 0.3) is 0 Å². The SMILES string of the molecule is O=C(NCCC1CCN(C(=O)Nc2ccccc2)CC1)c1ccccn1. The first-order valence-electron chi connectivity index (χ1n) is 9.02. The van der Waals surface area contributed by atoms with Crippen molar-refractivity contribution in [3.8, 4) is 0 Å². The Labute approximate surface area is 153 Å². The van der Waals surface area contributed by atoms with Crippen LogP contribution in [0.1, 0.15) is 29.8 Å². The lowest BCUT2D eigenvalue weighted by atomic mass is 9.93. The lowest BCUT2D eigenvalue weighted by molar-refractivity contribution is 0.0944. The number of carbonyl (C=O) groups excluding carboxylic acids is 2. The van der Waals surface area contributed by atoms with Crippen LogP contribution in [-0.2, 0) is 0 Å². The van der Waals surface area contributed by atoms with Gasteiger partial charge in [0.25, 0.3) is 5.91 Å². The van der Waals surface area contributed by atoms with E-state index in [2.05, 4.69) is 15.6 Å². The molecule has 0 bridgehead atoms. The van der Waals surface area contributed by atoms with Crippen molar-refractivity contribution in [1.82, 2.24) is 15.2 Å². The van der Waals surface area contributed by atoms with Gasteiger partial charge >= 0.3 is 6.03 Å². The highest BCUT2D eigenvalue weighted by Gasteiger charge is 2.22. The molecule has 1 aromatic heterocycles. The van der Waals surface area contributed by atoms with Crippen molar-refractivity contribution in [2.75, 3.05) is 25.0 Å². The molecule has 0 saturated carbocycles. The number of pyridine rings is 1. The number of benzene rings is 1. The van der Waals surface area contributed by atoms with E-state index < -0.39 is 0 Å². The summed E-state index contributed by atoms with van der Waals surface area (Å²) >= 11 is 0. The predicted octanol–water partition coefficient (Wildman–Crippen LogP) is 3.15. The zero-order valence-electron chi connectivity index (χ0n) is 14.7. The molecule has 0 aliphatic carbocycles.